The standard InChI is InChI=1S/C21H19N3O4S/c1-29(27,28)19-13-6-5-12-18(19)20(25)22-16-10-7-11-17(14-16)24-21(26)23-15-8-3-2-4-9-15/h2-14H,1H3,(H,22,25)(H2,23,24,26). The first-order valence-electron chi connectivity index (χ1n) is 8.66. The second-order valence-electron chi connectivity index (χ2n) is 6.25. The van der Waals surface area contributed by atoms with Gasteiger partial charge in [-0.05, 0) is 42.5 Å². The van der Waals surface area contributed by atoms with Crippen molar-refractivity contribution in [2.24, 2.45) is 0 Å². The summed E-state index contributed by atoms with van der Waals surface area (Å²) in [6, 6.07) is 21.1. The zero-order chi connectivity index (χ0) is 20.9. The molecule has 3 aromatic rings. The highest BCUT2D eigenvalue weighted by molar-refractivity contribution is 7.90. The summed E-state index contributed by atoms with van der Waals surface area (Å²) in [7, 11) is -3.55. The van der Waals surface area contributed by atoms with Crippen LogP contribution in [0.15, 0.2) is 83.8 Å². The Hall–Kier alpha value is -3.65. The summed E-state index contributed by atoms with van der Waals surface area (Å²) in [5.74, 6) is -0.558. The van der Waals surface area contributed by atoms with Crippen molar-refractivity contribution in [2.45, 2.75) is 4.90 Å². The van der Waals surface area contributed by atoms with Gasteiger partial charge in [0.25, 0.3) is 5.91 Å². The number of carbonyl (C=O) groups excluding carboxylic acids is 2. The first-order chi connectivity index (χ1) is 13.8. The van der Waals surface area contributed by atoms with Gasteiger partial charge in [0.1, 0.15) is 0 Å². The molecule has 3 rings (SSSR count). The van der Waals surface area contributed by atoms with Gasteiger partial charge in [-0.1, -0.05) is 36.4 Å². The third kappa shape index (κ3) is 5.43. The summed E-state index contributed by atoms with van der Waals surface area (Å²) in [6.07, 6.45) is 1.05. The van der Waals surface area contributed by atoms with E-state index in [9.17, 15) is 18.0 Å². The average molecular weight is 409 g/mol. The topological polar surface area (TPSA) is 104 Å². The molecule has 0 fully saturated rings. The summed E-state index contributed by atoms with van der Waals surface area (Å²) < 4.78 is 23.8. The first-order valence-corrected chi connectivity index (χ1v) is 10.6. The van der Waals surface area contributed by atoms with Gasteiger partial charge in [-0.25, -0.2) is 13.2 Å². The van der Waals surface area contributed by atoms with Crippen molar-refractivity contribution in [3.8, 4) is 0 Å². The highest BCUT2D eigenvalue weighted by Crippen LogP contribution is 2.20. The Kier molecular flexibility index (Phi) is 5.94. The van der Waals surface area contributed by atoms with Crippen molar-refractivity contribution in [1.82, 2.24) is 0 Å². The molecule has 0 aliphatic carbocycles. The lowest BCUT2D eigenvalue weighted by Crippen LogP contribution is -2.19. The van der Waals surface area contributed by atoms with E-state index in [-0.39, 0.29) is 10.5 Å². The van der Waals surface area contributed by atoms with E-state index >= 15 is 0 Å². The molecule has 148 valence electrons. The van der Waals surface area contributed by atoms with E-state index in [1.807, 2.05) is 6.07 Å². The summed E-state index contributed by atoms with van der Waals surface area (Å²) in [4.78, 5) is 24.6. The van der Waals surface area contributed by atoms with Crippen LogP contribution in [0.1, 0.15) is 10.4 Å². The van der Waals surface area contributed by atoms with Crippen molar-refractivity contribution in [3.63, 3.8) is 0 Å². The first kappa shape index (κ1) is 20.1. The van der Waals surface area contributed by atoms with Gasteiger partial charge in [0, 0.05) is 23.3 Å². The molecular formula is C21H19N3O4S. The van der Waals surface area contributed by atoms with Gasteiger partial charge in [-0.2, -0.15) is 0 Å². The number of hydrogen-bond donors (Lipinski definition) is 3. The minimum absolute atomic E-state index is 0.0472. The van der Waals surface area contributed by atoms with Crippen molar-refractivity contribution in [1.29, 1.82) is 0 Å². The van der Waals surface area contributed by atoms with E-state index in [1.54, 1.807) is 60.7 Å². The number of urea groups is 1. The number of anilines is 3. The number of hydrogen-bond acceptors (Lipinski definition) is 4. The lowest BCUT2D eigenvalue weighted by atomic mass is 10.2. The van der Waals surface area contributed by atoms with Crippen molar-refractivity contribution in [3.05, 3.63) is 84.4 Å². The molecule has 0 saturated carbocycles. The van der Waals surface area contributed by atoms with Gasteiger partial charge in [-0.15, -0.1) is 0 Å². The van der Waals surface area contributed by atoms with Crippen LogP contribution >= 0.6 is 0 Å². The maximum Gasteiger partial charge on any atom is 0.323 e. The Balaban J connectivity index is 1.72. The normalized spacial score (nSPS) is 10.8. The molecule has 0 bridgehead atoms. The third-order valence-electron chi connectivity index (χ3n) is 3.94. The molecule has 0 radical (unpaired) electrons. The lowest BCUT2D eigenvalue weighted by Gasteiger charge is -2.11. The van der Waals surface area contributed by atoms with Gasteiger partial charge < -0.3 is 16.0 Å². The van der Waals surface area contributed by atoms with Gasteiger partial charge >= 0.3 is 6.03 Å². The maximum absolute atomic E-state index is 12.6. The van der Waals surface area contributed by atoms with Crippen molar-refractivity contribution < 1.29 is 18.0 Å². The van der Waals surface area contributed by atoms with Crippen LogP contribution in [0.4, 0.5) is 21.9 Å². The van der Waals surface area contributed by atoms with Gasteiger partial charge in [-0.3, -0.25) is 4.79 Å². The second-order valence-corrected chi connectivity index (χ2v) is 8.23. The SMILES string of the molecule is CS(=O)(=O)c1ccccc1C(=O)Nc1cccc(NC(=O)Nc2ccccc2)c1. The quantitative estimate of drug-likeness (QED) is 0.593. The Morgan fingerprint density at radius 1 is 0.690 bits per heavy atom. The third-order valence-corrected chi connectivity index (χ3v) is 5.10. The number of rotatable bonds is 5. The van der Waals surface area contributed by atoms with Crippen LogP contribution < -0.4 is 16.0 Å². The van der Waals surface area contributed by atoms with Crippen LogP contribution in [0.5, 0.6) is 0 Å². The van der Waals surface area contributed by atoms with E-state index in [4.69, 9.17) is 0 Å². The Morgan fingerprint density at radius 2 is 1.24 bits per heavy atom. The molecule has 0 aromatic heterocycles. The molecule has 3 N–H and O–H groups in total. The second kappa shape index (κ2) is 8.57. The molecule has 8 heteroatoms. The number of para-hydroxylation sites is 1. The van der Waals surface area contributed by atoms with E-state index in [2.05, 4.69) is 16.0 Å². The smallest absolute Gasteiger partial charge is 0.322 e. The molecule has 29 heavy (non-hydrogen) atoms. The molecule has 0 saturated heterocycles. The fraction of sp³-hybridized carbons (Fsp3) is 0.0476. The highest BCUT2D eigenvalue weighted by atomic mass is 32.2. The Bertz CT molecular complexity index is 1150. The molecule has 3 aromatic carbocycles. The van der Waals surface area contributed by atoms with Gasteiger partial charge in [0.2, 0.25) is 0 Å². The van der Waals surface area contributed by atoms with Crippen LogP contribution in [0.2, 0.25) is 0 Å². The minimum atomic E-state index is -3.55. The van der Waals surface area contributed by atoms with Crippen molar-refractivity contribution >= 4 is 38.8 Å². The molecule has 0 heterocycles. The highest BCUT2D eigenvalue weighted by Gasteiger charge is 2.18. The fourth-order valence-electron chi connectivity index (χ4n) is 2.67. The zero-order valence-electron chi connectivity index (χ0n) is 15.5. The molecule has 0 unspecified atom stereocenters. The lowest BCUT2D eigenvalue weighted by molar-refractivity contribution is 0.102. The number of benzene rings is 3. The fourth-order valence-corrected chi connectivity index (χ4v) is 3.55. The minimum Gasteiger partial charge on any atom is -0.322 e. The van der Waals surface area contributed by atoms with Crippen LogP contribution in [-0.4, -0.2) is 26.6 Å². The van der Waals surface area contributed by atoms with E-state index in [0.717, 1.165) is 6.26 Å². The van der Waals surface area contributed by atoms with E-state index < -0.39 is 21.8 Å². The van der Waals surface area contributed by atoms with Crippen LogP contribution in [0, 0.1) is 0 Å². The summed E-state index contributed by atoms with van der Waals surface area (Å²) in [5, 5.41) is 8.04. The Morgan fingerprint density at radius 3 is 1.93 bits per heavy atom. The molecule has 0 spiro atoms. The van der Waals surface area contributed by atoms with Gasteiger partial charge in [0.15, 0.2) is 9.84 Å². The Labute approximate surface area is 168 Å². The van der Waals surface area contributed by atoms with Crippen LogP contribution in [-0.2, 0) is 9.84 Å². The van der Waals surface area contributed by atoms with Crippen LogP contribution in [0.3, 0.4) is 0 Å². The average Bonchev–Trinajstić information content (AvgIpc) is 2.68. The van der Waals surface area contributed by atoms with Crippen molar-refractivity contribution in [2.75, 3.05) is 22.2 Å². The number of carbonyl (C=O) groups is 2. The summed E-state index contributed by atoms with van der Waals surface area (Å²) >= 11 is 0. The van der Waals surface area contributed by atoms with E-state index in [0.29, 0.717) is 17.1 Å². The molecule has 0 atom stereocenters. The van der Waals surface area contributed by atoms with Crippen LogP contribution in [0.25, 0.3) is 0 Å². The zero-order valence-corrected chi connectivity index (χ0v) is 16.4. The number of amides is 3. The van der Waals surface area contributed by atoms with Gasteiger partial charge in [0.05, 0.1) is 10.5 Å². The number of sulfone groups is 1. The monoisotopic (exact) mass is 409 g/mol. The van der Waals surface area contributed by atoms with E-state index in [1.165, 1.54) is 12.1 Å². The maximum atomic E-state index is 12.6. The molecule has 7 nitrogen and oxygen atoms in total. The molecule has 0 aliphatic rings. The predicted molar refractivity (Wildman–Crippen MR) is 113 cm³/mol. The predicted octanol–water partition coefficient (Wildman–Crippen LogP) is 3.99. The number of nitrogens with one attached hydrogen (secondary N) is 3. The summed E-state index contributed by atoms with van der Waals surface area (Å²) in [6.45, 7) is 0. The molecule has 3 amide bonds. The largest absolute Gasteiger partial charge is 0.323 e. The molecule has 0 aliphatic heterocycles. The summed E-state index contributed by atoms with van der Waals surface area (Å²) in [5.41, 5.74) is 1.57. The molecular weight excluding hydrogens is 390 g/mol.